The predicted molar refractivity (Wildman–Crippen MR) is 74.8 cm³/mol. The van der Waals surface area contributed by atoms with Crippen LogP contribution in [0.4, 0.5) is 4.39 Å². The Kier molecular flexibility index (Phi) is 5.75. The van der Waals surface area contributed by atoms with E-state index in [1.165, 1.54) is 12.3 Å². The zero-order valence-electron chi connectivity index (χ0n) is 10.4. The quantitative estimate of drug-likeness (QED) is 0.867. The van der Waals surface area contributed by atoms with Gasteiger partial charge < -0.3 is 5.32 Å². The van der Waals surface area contributed by atoms with E-state index in [0.717, 1.165) is 0 Å². The van der Waals surface area contributed by atoms with Crippen LogP contribution in [0.1, 0.15) is 24.9 Å². The van der Waals surface area contributed by atoms with Gasteiger partial charge in [-0.15, -0.1) is 0 Å². The van der Waals surface area contributed by atoms with Crippen LogP contribution in [0.15, 0.2) is 22.7 Å². The molecule has 1 aromatic carbocycles. The molecule has 0 aliphatic carbocycles. The smallest absolute Gasteiger partial charge is 0.147 e. The van der Waals surface area contributed by atoms with Crippen LogP contribution in [-0.2, 0) is 9.84 Å². The van der Waals surface area contributed by atoms with Crippen molar-refractivity contribution in [3.8, 4) is 0 Å². The summed E-state index contributed by atoms with van der Waals surface area (Å²) in [5.41, 5.74) is 0.503. The van der Waals surface area contributed by atoms with Crippen LogP contribution >= 0.6 is 15.9 Å². The average Bonchev–Trinajstić information content (AvgIpc) is 2.24. The number of hydrogen-bond acceptors (Lipinski definition) is 3. The summed E-state index contributed by atoms with van der Waals surface area (Å²) in [5, 5.41) is 3.11. The highest BCUT2D eigenvalue weighted by molar-refractivity contribution is 9.10. The SMILES string of the molecule is CCNC(CCS(C)(=O)=O)c1ccc(Br)cc1F. The van der Waals surface area contributed by atoms with Crippen molar-refractivity contribution in [2.45, 2.75) is 19.4 Å². The monoisotopic (exact) mass is 337 g/mol. The van der Waals surface area contributed by atoms with Gasteiger partial charge in [0.25, 0.3) is 0 Å². The fraction of sp³-hybridized carbons (Fsp3) is 0.500. The molecule has 0 amide bonds. The highest BCUT2D eigenvalue weighted by Gasteiger charge is 2.17. The van der Waals surface area contributed by atoms with Crippen molar-refractivity contribution in [2.24, 2.45) is 0 Å². The molecular formula is C12H17BrFNO2S. The summed E-state index contributed by atoms with van der Waals surface area (Å²) in [6, 6.07) is 4.54. The van der Waals surface area contributed by atoms with Crippen molar-refractivity contribution < 1.29 is 12.8 Å². The first kappa shape index (κ1) is 15.6. The number of nitrogens with one attached hydrogen (secondary N) is 1. The van der Waals surface area contributed by atoms with E-state index >= 15 is 0 Å². The van der Waals surface area contributed by atoms with Gasteiger partial charge in [-0.1, -0.05) is 28.9 Å². The van der Waals surface area contributed by atoms with E-state index in [4.69, 9.17) is 0 Å². The second-order valence-corrected chi connectivity index (χ2v) is 7.37. The Morgan fingerprint density at radius 1 is 1.44 bits per heavy atom. The molecule has 1 aromatic rings. The summed E-state index contributed by atoms with van der Waals surface area (Å²) in [4.78, 5) is 0. The molecule has 0 radical (unpaired) electrons. The molecule has 1 unspecified atom stereocenters. The van der Waals surface area contributed by atoms with Gasteiger partial charge in [-0.2, -0.15) is 0 Å². The molecule has 0 saturated carbocycles. The first-order valence-electron chi connectivity index (χ1n) is 5.69. The van der Waals surface area contributed by atoms with E-state index in [1.54, 1.807) is 12.1 Å². The van der Waals surface area contributed by atoms with E-state index in [0.29, 0.717) is 23.0 Å². The van der Waals surface area contributed by atoms with Gasteiger partial charge in [-0.05, 0) is 25.1 Å². The van der Waals surface area contributed by atoms with Gasteiger partial charge in [0, 0.05) is 22.3 Å². The molecule has 0 aliphatic rings. The van der Waals surface area contributed by atoms with Gasteiger partial charge in [0.1, 0.15) is 15.7 Å². The fourth-order valence-corrected chi connectivity index (χ4v) is 2.73. The molecule has 0 aromatic heterocycles. The van der Waals surface area contributed by atoms with Crippen LogP contribution in [0.25, 0.3) is 0 Å². The molecule has 0 bridgehead atoms. The summed E-state index contributed by atoms with van der Waals surface area (Å²) in [5.74, 6) is -0.288. The third kappa shape index (κ3) is 5.04. The van der Waals surface area contributed by atoms with Crippen molar-refractivity contribution in [3.63, 3.8) is 0 Å². The molecule has 0 heterocycles. The van der Waals surface area contributed by atoms with Crippen LogP contribution in [0.3, 0.4) is 0 Å². The van der Waals surface area contributed by atoms with Crippen molar-refractivity contribution >= 4 is 25.8 Å². The van der Waals surface area contributed by atoms with Gasteiger partial charge in [-0.3, -0.25) is 0 Å². The van der Waals surface area contributed by atoms with Crippen LogP contribution in [0.2, 0.25) is 0 Å². The zero-order chi connectivity index (χ0) is 13.8. The summed E-state index contributed by atoms with van der Waals surface area (Å²) in [7, 11) is -3.04. The Balaban J connectivity index is 2.90. The Bertz CT molecular complexity index is 505. The fourth-order valence-electron chi connectivity index (χ4n) is 1.73. The maximum absolute atomic E-state index is 13.8. The molecule has 3 nitrogen and oxygen atoms in total. The van der Waals surface area contributed by atoms with E-state index < -0.39 is 9.84 Å². The third-order valence-corrected chi connectivity index (χ3v) is 4.04. The van der Waals surface area contributed by atoms with Gasteiger partial charge in [0.15, 0.2) is 0 Å². The standard InChI is InChI=1S/C12H17BrFNO2S/c1-3-15-12(6-7-18(2,16)17)10-5-4-9(13)8-11(10)14/h4-5,8,12,15H,3,6-7H2,1-2H3. The van der Waals surface area contributed by atoms with Crippen molar-refractivity contribution in [1.82, 2.24) is 5.32 Å². The molecule has 18 heavy (non-hydrogen) atoms. The maximum atomic E-state index is 13.8. The largest absolute Gasteiger partial charge is 0.310 e. The van der Waals surface area contributed by atoms with Gasteiger partial charge in [-0.25, -0.2) is 12.8 Å². The van der Waals surface area contributed by atoms with Crippen molar-refractivity contribution in [2.75, 3.05) is 18.6 Å². The predicted octanol–water partition coefficient (Wildman–Crippen LogP) is 2.67. The molecule has 0 fully saturated rings. The molecule has 102 valence electrons. The van der Waals surface area contributed by atoms with Gasteiger partial charge >= 0.3 is 0 Å². The number of sulfone groups is 1. The number of hydrogen-bond donors (Lipinski definition) is 1. The van der Waals surface area contributed by atoms with Crippen molar-refractivity contribution in [1.29, 1.82) is 0 Å². The first-order chi connectivity index (χ1) is 8.33. The van der Waals surface area contributed by atoms with E-state index in [-0.39, 0.29) is 17.6 Å². The lowest BCUT2D eigenvalue weighted by molar-refractivity contribution is 0.497. The molecular weight excluding hydrogens is 321 g/mol. The zero-order valence-corrected chi connectivity index (χ0v) is 12.8. The highest BCUT2D eigenvalue weighted by Crippen LogP contribution is 2.23. The molecule has 6 heteroatoms. The lowest BCUT2D eigenvalue weighted by Gasteiger charge is -2.18. The van der Waals surface area contributed by atoms with Crippen LogP contribution < -0.4 is 5.32 Å². The minimum Gasteiger partial charge on any atom is -0.310 e. The van der Waals surface area contributed by atoms with E-state index in [1.807, 2.05) is 6.92 Å². The summed E-state index contributed by atoms with van der Waals surface area (Å²) >= 11 is 3.20. The van der Waals surface area contributed by atoms with Crippen molar-refractivity contribution in [3.05, 3.63) is 34.1 Å². The van der Waals surface area contributed by atoms with Crippen LogP contribution in [0.5, 0.6) is 0 Å². The molecule has 1 rings (SSSR count). The second-order valence-electron chi connectivity index (χ2n) is 4.19. The molecule has 0 aliphatic heterocycles. The minimum atomic E-state index is -3.04. The Labute approximate surface area is 116 Å². The molecule has 1 N–H and O–H groups in total. The normalized spacial score (nSPS) is 13.6. The summed E-state index contributed by atoms with van der Waals surface area (Å²) in [6.45, 7) is 2.56. The summed E-state index contributed by atoms with van der Waals surface area (Å²) < 4.78 is 36.9. The number of rotatable bonds is 6. The third-order valence-electron chi connectivity index (χ3n) is 2.57. The minimum absolute atomic E-state index is 0.0418. The van der Waals surface area contributed by atoms with Crippen LogP contribution in [0, 0.1) is 5.82 Å². The van der Waals surface area contributed by atoms with Crippen LogP contribution in [-0.4, -0.2) is 27.0 Å². The first-order valence-corrected chi connectivity index (χ1v) is 8.55. The number of benzene rings is 1. The van der Waals surface area contributed by atoms with Gasteiger partial charge in [0.2, 0.25) is 0 Å². The van der Waals surface area contributed by atoms with Gasteiger partial charge in [0.05, 0.1) is 5.75 Å². The molecule has 0 spiro atoms. The second kappa shape index (κ2) is 6.63. The molecule has 0 saturated heterocycles. The lowest BCUT2D eigenvalue weighted by atomic mass is 10.0. The maximum Gasteiger partial charge on any atom is 0.147 e. The van der Waals surface area contributed by atoms with E-state index in [2.05, 4.69) is 21.2 Å². The Morgan fingerprint density at radius 2 is 2.11 bits per heavy atom. The van der Waals surface area contributed by atoms with E-state index in [9.17, 15) is 12.8 Å². The highest BCUT2D eigenvalue weighted by atomic mass is 79.9. The molecule has 1 atom stereocenters. The lowest BCUT2D eigenvalue weighted by Crippen LogP contribution is -2.24. The topological polar surface area (TPSA) is 46.2 Å². The Hall–Kier alpha value is -0.460. The Morgan fingerprint density at radius 3 is 2.61 bits per heavy atom. The average molecular weight is 338 g/mol. The summed E-state index contributed by atoms with van der Waals surface area (Å²) in [6.07, 6.45) is 1.55. The number of halogens is 2.